The minimum Gasteiger partial charge on any atom is -0.493 e. The van der Waals surface area contributed by atoms with Crippen LogP contribution in [0.5, 0.6) is 11.5 Å². The molecule has 1 aliphatic rings. The van der Waals surface area contributed by atoms with E-state index in [1.165, 1.54) is 12.0 Å². The lowest BCUT2D eigenvalue weighted by atomic mass is 9.90. The normalized spacial score (nSPS) is 16.8. The summed E-state index contributed by atoms with van der Waals surface area (Å²) in [5, 5.41) is 15.0. The fourth-order valence-corrected chi connectivity index (χ4v) is 7.23. The molecule has 6 heteroatoms. The fourth-order valence-electron chi connectivity index (χ4n) is 3.97. The van der Waals surface area contributed by atoms with Crippen molar-refractivity contribution in [1.82, 2.24) is 5.32 Å². The molecule has 3 rings (SSSR count). The second-order valence-corrected chi connectivity index (χ2v) is 10.8. The molecular weight excluding hydrogens is 450 g/mol. The van der Waals surface area contributed by atoms with Crippen molar-refractivity contribution in [2.45, 2.75) is 48.3 Å². The topological polar surface area (TPSA) is 50.7 Å². The SMILES string of the molecule is CNC(C#CCCC(O)(c1ccccc1)C1SCCCS1)CCc1ccc(OC)c(OC)c1. The van der Waals surface area contributed by atoms with Gasteiger partial charge in [0.25, 0.3) is 0 Å². The number of methoxy groups -OCH3 is 2. The van der Waals surface area contributed by atoms with Gasteiger partial charge in [0, 0.05) is 6.42 Å². The molecule has 1 heterocycles. The lowest BCUT2D eigenvalue weighted by molar-refractivity contribution is 0.0464. The predicted octanol–water partition coefficient (Wildman–Crippen LogP) is 5.09. The zero-order valence-electron chi connectivity index (χ0n) is 19.8. The average molecular weight is 486 g/mol. The minimum absolute atomic E-state index is 0.0985. The lowest BCUT2D eigenvalue weighted by Crippen LogP contribution is -2.37. The molecule has 0 saturated carbocycles. The highest BCUT2D eigenvalue weighted by molar-refractivity contribution is 8.17. The van der Waals surface area contributed by atoms with E-state index in [9.17, 15) is 5.11 Å². The molecule has 4 nitrogen and oxygen atoms in total. The Hall–Kier alpha value is -1.78. The van der Waals surface area contributed by atoms with Gasteiger partial charge in [0.05, 0.1) is 24.8 Å². The van der Waals surface area contributed by atoms with Gasteiger partial charge in [-0.15, -0.1) is 29.4 Å². The van der Waals surface area contributed by atoms with Gasteiger partial charge in [0.15, 0.2) is 11.5 Å². The first kappa shape index (κ1) is 25.8. The maximum atomic E-state index is 11.7. The number of aliphatic hydroxyl groups is 1. The molecule has 0 aromatic heterocycles. The molecule has 2 unspecified atom stereocenters. The van der Waals surface area contributed by atoms with E-state index in [4.69, 9.17) is 9.47 Å². The van der Waals surface area contributed by atoms with E-state index >= 15 is 0 Å². The van der Waals surface area contributed by atoms with Crippen LogP contribution in [0.3, 0.4) is 0 Å². The van der Waals surface area contributed by atoms with Crippen molar-refractivity contribution < 1.29 is 14.6 Å². The number of aryl methyl sites for hydroxylation is 1. The summed E-state index contributed by atoms with van der Waals surface area (Å²) in [6, 6.07) is 16.2. The predicted molar refractivity (Wildman–Crippen MR) is 141 cm³/mol. The van der Waals surface area contributed by atoms with Crippen molar-refractivity contribution in [3.8, 4) is 23.3 Å². The summed E-state index contributed by atoms with van der Waals surface area (Å²) in [5.41, 5.74) is 1.33. The van der Waals surface area contributed by atoms with Crippen molar-refractivity contribution in [3.05, 3.63) is 59.7 Å². The molecule has 2 N–H and O–H groups in total. The van der Waals surface area contributed by atoms with Crippen LogP contribution in [0.25, 0.3) is 0 Å². The van der Waals surface area contributed by atoms with Crippen LogP contribution in [0.15, 0.2) is 48.5 Å². The number of ether oxygens (including phenoxy) is 2. The van der Waals surface area contributed by atoms with Gasteiger partial charge in [-0.2, -0.15) is 0 Å². The first-order valence-electron chi connectivity index (χ1n) is 11.5. The number of benzene rings is 2. The van der Waals surface area contributed by atoms with Gasteiger partial charge in [-0.1, -0.05) is 42.3 Å². The minimum atomic E-state index is -0.861. The van der Waals surface area contributed by atoms with E-state index in [2.05, 4.69) is 23.2 Å². The third kappa shape index (κ3) is 7.10. The molecule has 1 aliphatic heterocycles. The van der Waals surface area contributed by atoms with Gasteiger partial charge in [0.2, 0.25) is 0 Å². The Kier molecular flexibility index (Phi) is 10.3. The molecule has 1 fully saturated rings. The monoisotopic (exact) mass is 485 g/mol. The zero-order valence-corrected chi connectivity index (χ0v) is 21.4. The number of nitrogens with one attached hydrogen (secondary N) is 1. The highest BCUT2D eigenvalue weighted by Gasteiger charge is 2.39. The molecule has 2 atom stereocenters. The van der Waals surface area contributed by atoms with E-state index < -0.39 is 5.60 Å². The average Bonchev–Trinajstić information content (AvgIpc) is 2.88. The van der Waals surface area contributed by atoms with Gasteiger partial charge < -0.3 is 19.9 Å². The highest BCUT2D eigenvalue weighted by atomic mass is 32.2. The van der Waals surface area contributed by atoms with Gasteiger partial charge in [-0.3, -0.25) is 0 Å². The molecule has 2 aromatic carbocycles. The van der Waals surface area contributed by atoms with Crippen LogP contribution < -0.4 is 14.8 Å². The van der Waals surface area contributed by atoms with Crippen molar-refractivity contribution >= 4 is 23.5 Å². The summed E-state index contributed by atoms with van der Waals surface area (Å²) >= 11 is 3.76. The summed E-state index contributed by atoms with van der Waals surface area (Å²) in [4.78, 5) is 0. The highest BCUT2D eigenvalue weighted by Crippen LogP contribution is 2.45. The molecule has 0 radical (unpaired) electrons. The Labute approximate surface area is 207 Å². The molecule has 0 aliphatic carbocycles. The van der Waals surface area contributed by atoms with Gasteiger partial charge in [-0.25, -0.2) is 0 Å². The van der Waals surface area contributed by atoms with E-state index in [0.29, 0.717) is 12.8 Å². The third-order valence-corrected chi connectivity index (χ3v) is 9.17. The molecule has 0 amide bonds. The number of rotatable bonds is 10. The first-order valence-corrected chi connectivity index (χ1v) is 13.6. The van der Waals surface area contributed by atoms with Crippen molar-refractivity contribution in [1.29, 1.82) is 0 Å². The molecule has 0 bridgehead atoms. The summed E-state index contributed by atoms with van der Waals surface area (Å²) in [5.74, 6) is 10.4. The Bertz CT molecular complexity index is 922. The number of hydrogen-bond acceptors (Lipinski definition) is 6. The van der Waals surface area contributed by atoms with Crippen molar-refractivity contribution in [2.24, 2.45) is 0 Å². The standard InChI is InChI=1S/C27H35NO3S2/c1-28-23(15-13-21-14-16-24(30-2)25(20-21)31-3)12-7-8-17-27(29,22-10-5-4-6-11-22)26-32-18-9-19-33-26/h4-6,10-11,14,16,20,23,26,28-29H,8-9,13,15,17-19H2,1-3H3. The first-order chi connectivity index (χ1) is 16.1. The van der Waals surface area contributed by atoms with Crippen molar-refractivity contribution in [3.63, 3.8) is 0 Å². The molecule has 33 heavy (non-hydrogen) atoms. The van der Waals surface area contributed by atoms with Gasteiger partial charge >= 0.3 is 0 Å². The Balaban J connectivity index is 1.60. The van der Waals surface area contributed by atoms with Crippen LogP contribution in [-0.2, 0) is 12.0 Å². The Morgan fingerprint density at radius 2 is 1.82 bits per heavy atom. The maximum Gasteiger partial charge on any atom is 0.160 e. The van der Waals surface area contributed by atoms with Gasteiger partial charge in [-0.05, 0) is 67.5 Å². The number of thioether (sulfide) groups is 2. The molecule has 1 saturated heterocycles. The smallest absolute Gasteiger partial charge is 0.160 e. The molecule has 178 valence electrons. The molecule has 0 spiro atoms. The second kappa shape index (κ2) is 13.2. The van der Waals surface area contributed by atoms with Crippen LogP contribution in [-0.4, -0.2) is 48.5 Å². The van der Waals surface area contributed by atoms with Crippen LogP contribution in [0.4, 0.5) is 0 Å². The third-order valence-electron chi connectivity index (χ3n) is 5.92. The Morgan fingerprint density at radius 3 is 2.48 bits per heavy atom. The number of hydrogen-bond donors (Lipinski definition) is 2. The fraction of sp³-hybridized carbons (Fsp3) is 0.481. The van der Waals surface area contributed by atoms with Crippen LogP contribution in [0, 0.1) is 11.8 Å². The van der Waals surface area contributed by atoms with Crippen LogP contribution >= 0.6 is 23.5 Å². The lowest BCUT2D eigenvalue weighted by Gasteiger charge is -2.37. The zero-order chi connectivity index (χ0) is 23.5. The quantitative estimate of drug-likeness (QED) is 0.457. The van der Waals surface area contributed by atoms with E-state index in [-0.39, 0.29) is 10.6 Å². The maximum absolute atomic E-state index is 11.7. The molecule has 2 aromatic rings. The summed E-state index contributed by atoms with van der Waals surface area (Å²) < 4.78 is 10.9. The Morgan fingerprint density at radius 1 is 1.09 bits per heavy atom. The van der Waals surface area contributed by atoms with E-state index in [1.54, 1.807) is 14.2 Å². The van der Waals surface area contributed by atoms with Crippen LogP contribution in [0.1, 0.15) is 36.8 Å². The molecular formula is C27H35NO3S2. The second-order valence-electron chi connectivity index (χ2n) is 8.11. The summed E-state index contributed by atoms with van der Waals surface area (Å²) in [6.45, 7) is 0. The van der Waals surface area contributed by atoms with E-state index in [1.807, 2.05) is 73.0 Å². The van der Waals surface area contributed by atoms with Gasteiger partial charge in [0.1, 0.15) is 5.60 Å². The largest absolute Gasteiger partial charge is 0.493 e. The van der Waals surface area contributed by atoms with E-state index in [0.717, 1.165) is 41.4 Å². The summed E-state index contributed by atoms with van der Waals surface area (Å²) in [6.07, 6.45) is 4.30. The summed E-state index contributed by atoms with van der Waals surface area (Å²) in [7, 11) is 5.25. The van der Waals surface area contributed by atoms with Crippen molar-refractivity contribution in [2.75, 3.05) is 32.8 Å². The van der Waals surface area contributed by atoms with Crippen LogP contribution in [0.2, 0.25) is 0 Å².